The molecule has 0 saturated carbocycles. The number of thiophene rings is 2. The maximum atomic E-state index is 4.47. The van der Waals surface area contributed by atoms with Crippen LogP contribution < -0.4 is 5.32 Å². The molecular weight excluding hydrogens is 296 g/mol. The molecule has 3 aromatic rings. The van der Waals surface area contributed by atoms with Crippen LogP contribution in [-0.4, -0.2) is 4.98 Å². The predicted octanol–water partition coefficient (Wildman–Crippen LogP) is 4.72. The molecule has 4 heteroatoms. The highest BCUT2D eigenvalue weighted by Gasteiger charge is 2.04. The van der Waals surface area contributed by atoms with Crippen LogP contribution in [0.5, 0.6) is 0 Å². The highest BCUT2D eigenvalue weighted by Crippen LogP contribution is 2.29. The number of rotatable bonds is 6. The van der Waals surface area contributed by atoms with E-state index < -0.39 is 0 Å². The standard InChI is InChI=1S/C17H18N2S2/c1-2-13-5-3-7-19-16(13)11-18-10-15-9-14(12-21-15)17-6-4-8-20-17/h3-9,12,18H,2,10-11H2,1H3. The van der Waals surface area contributed by atoms with E-state index in [-0.39, 0.29) is 0 Å². The first-order chi connectivity index (χ1) is 10.4. The van der Waals surface area contributed by atoms with Crippen molar-refractivity contribution in [3.63, 3.8) is 0 Å². The Balaban J connectivity index is 1.58. The van der Waals surface area contributed by atoms with Crippen molar-refractivity contribution in [2.45, 2.75) is 26.4 Å². The molecule has 0 aromatic carbocycles. The van der Waals surface area contributed by atoms with E-state index in [1.807, 2.05) is 23.6 Å². The summed E-state index contributed by atoms with van der Waals surface area (Å²) in [7, 11) is 0. The zero-order chi connectivity index (χ0) is 14.5. The number of pyridine rings is 1. The van der Waals surface area contributed by atoms with E-state index in [9.17, 15) is 0 Å². The van der Waals surface area contributed by atoms with Gasteiger partial charge in [0.1, 0.15) is 0 Å². The lowest BCUT2D eigenvalue weighted by atomic mass is 10.1. The lowest BCUT2D eigenvalue weighted by Gasteiger charge is -2.07. The van der Waals surface area contributed by atoms with Crippen LogP contribution in [0.4, 0.5) is 0 Å². The molecular formula is C17H18N2S2. The van der Waals surface area contributed by atoms with Crippen LogP contribution in [0.15, 0.2) is 47.3 Å². The zero-order valence-corrected chi connectivity index (χ0v) is 13.6. The van der Waals surface area contributed by atoms with Gasteiger partial charge < -0.3 is 5.32 Å². The van der Waals surface area contributed by atoms with Crippen LogP contribution in [0.25, 0.3) is 10.4 Å². The Morgan fingerprint density at radius 3 is 2.90 bits per heavy atom. The highest BCUT2D eigenvalue weighted by molar-refractivity contribution is 7.14. The summed E-state index contributed by atoms with van der Waals surface area (Å²) in [5, 5.41) is 7.86. The van der Waals surface area contributed by atoms with Gasteiger partial charge in [-0.05, 0) is 40.9 Å². The summed E-state index contributed by atoms with van der Waals surface area (Å²) in [5.41, 5.74) is 3.82. The molecule has 0 radical (unpaired) electrons. The smallest absolute Gasteiger partial charge is 0.0573 e. The Kier molecular flexibility index (Phi) is 4.80. The average Bonchev–Trinajstić information content (AvgIpc) is 3.18. The summed E-state index contributed by atoms with van der Waals surface area (Å²) in [6.07, 6.45) is 2.91. The van der Waals surface area contributed by atoms with Gasteiger partial charge in [0.15, 0.2) is 0 Å². The first kappa shape index (κ1) is 14.4. The van der Waals surface area contributed by atoms with Crippen molar-refractivity contribution in [3.8, 4) is 10.4 Å². The molecule has 0 aliphatic carbocycles. The molecule has 3 rings (SSSR count). The summed E-state index contributed by atoms with van der Waals surface area (Å²) in [6.45, 7) is 3.90. The van der Waals surface area contributed by atoms with Crippen LogP contribution in [-0.2, 0) is 19.5 Å². The quantitative estimate of drug-likeness (QED) is 0.712. The van der Waals surface area contributed by atoms with E-state index in [0.717, 1.165) is 25.2 Å². The lowest BCUT2D eigenvalue weighted by Crippen LogP contribution is -2.14. The number of aromatic nitrogens is 1. The zero-order valence-electron chi connectivity index (χ0n) is 12.0. The largest absolute Gasteiger partial charge is 0.306 e. The van der Waals surface area contributed by atoms with E-state index in [0.29, 0.717) is 0 Å². The van der Waals surface area contributed by atoms with Gasteiger partial charge in [-0.25, -0.2) is 0 Å². The van der Waals surface area contributed by atoms with Crippen molar-refractivity contribution < 1.29 is 0 Å². The SMILES string of the molecule is CCc1cccnc1CNCc1cc(-c2cccs2)cs1. The van der Waals surface area contributed by atoms with Gasteiger partial charge in [0, 0.05) is 34.6 Å². The van der Waals surface area contributed by atoms with Gasteiger partial charge in [-0.2, -0.15) is 0 Å². The van der Waals surface area contributed by atoms with Gasteiger partial charge in [-0.1, -0.05) is 19.1 Å². The minimum Gasteiger partial charge on any atom is -0.306 e. The monoisotopic (exact) mass is 314 g/mol. The van der Waals surface area contributed by atoms with E-state index in [4.69, 9.17) is 0 Å². The van der Waals surface area contributed by atoms with Gasteiger partial charge in [0.05, 0.1) is 5.69 Å². The van der Waals surface area contributed by atoms with Crippen LogP contribution in [0.1, 0.15) is 23.1 Å². The Hall–Kier alpha value is -1.49. The average molecular weight is 314 g/mol. The highest BCUT2D eigenvalue weighted by atomic mass is 32.1. The van der Waals surface area contributed by atoms with Crippen molar-refractivity contribution in [1.82, 2.24) is 10.3 Å². The number of hydrogen-bond acceptors (Lipinski definition) is 4. The molecule has 0 aliphatic heterocycles. The Bertz CT molecular complexity index is 686. The molecule has 0 saturated heterocycles. The van der Waals surface area contributed by atoms with Gasteiger partial charge in [-0.15, -0.1) is 22.7 Å². The Morgan fingerprint density at radius 1 is 1.14 bits per heavy atom. The first-order valence-electron chi connectivity index (χ1n) is 7.11. The second-order valence-electron chi connectivity index (χ2n) is 4.85. The van der Waals surface area contributed by atoms with Gasteiger partial charge in [0.25, 0.3) is 0 Å². The van der Waals surface area contributed by atoms with Crippen molar-refractivity contribution in [2.24, 2.45) is 0 Å². The van der Waals surface area contributed by atoms with Gasteiger partial charge in [-0.3, -0.25) is 4.98 Å². The molecule has 1 N–H and O–H groups in total. The third-order valence-electron chi connectivity index (χ3n) is 3.42. The molecule has 108 valence electrons. The van der Waals surface area contributed by atoms with Crippen LogP contribution in [0, 0.1) is 0 Å². The van der Waals surface area contributed by atoms with Crippen LogP contribution in [0.2, 0.25) is 0 Å². The predicted molar refractivity (Wildman–Crippen MR) is 91.8 cm³/mol. The summed E-state index contributed by atoms with van der Waals surface area (Å²) in [6, 6.07) is 10.7. The van der Waals surface area contributed by atoms with Crippen LogP contribution >= 0.6 is 22.7 Å². The number of hydrogen-bond donors (Lipinski definition) is 1. The molecule has 0 fully saturated rings. The maximum absolute atomic E-state index is 4.47. The second-order valence-corrected chi connectivity index (χ2v) is 6.79. The summed E-state index contributed by atoms with van der Waals surface area (Å²) in [4.78, 5) is 7.18. The molecule has 0 atom stereocenters. The van der Waals surface area contributed by atoms with E-state index in [1.165, 1.54) is 20.9 Å². The maximum Gasteiger partial charge on any atom is 0.0573 e. The fourth-order valence-electron chi connectivity index (χ4n) is 2.30. The number of aryl methyl sites for hydroxylation is 1. The molecule has 0 bridgehead atoms. The topological polar surface area (TPSA) is 24.9 Å². The Morgan fingerprint density at radius 2 is 2.10 bits per heavy atom. The second kappa shape index (κ2) is 6.98. The van der Waals surface area contributed by atoms with E-state index in [2.05, 4.69) is 52.3 Å². The third-order valence-corrected chi connectivity index (χ3v) is 5.27. The van der Waals surface area contributed by atoms with Crippen molar-refractivity contribution in [3.05, 3.63) is 63.4 Å². The van der Waals surface area contributed by atoms with Gasteiger partial charge in [0.2, 0.25) is 0 Å². The molecule has 0 spiro atoms. The van der Waals surface area contributed by atoms with Crippen molar-refractivity contribution in [2.75, 3.05) is 0 Å². The third kappa shape index (κ3) is 3.59. The van der Waals surface area contributed by atoms with E-state index in [1.54, 1.807) is 11.3 Å². The normalized spacial score (nSPS) is 10.9. The van der Waals surface area contributed by atoms with Gasteiger partial charge >= 0.3 is 0 Å². The minimum absolute atomic E-state index is 0.830. The fourth-order valence-corrected chi connectivity index (χ4v) is 3.95. The number of nitrogens with one attached hydrogen (secondary N) is 1. The first-order valence-corrected chi connectivity index (χ1v) is 8.87. The fraction of sp³-hybridized carbons (Fsp3) is 0.235. The molecule has 3 aromatic heterocycles. The van der Waals surface area contributed by atoms with Crippen molar-refractivity contribution >= 4 is 22.7 Å². The molecule has 2 nitrogen and oxygen atoms in total. The molecule has 3 heterocycles. The van der Waals surface area contributed by atoms with E-state index >= 15 is 0 Å². The minimum atomic E-state index is 0.830. The van der Waals surface area contributed by atoms with Crippen LogP contribution in [0.3, 0.4) is 0 Å². The lowest BCUT2D eigenvalue weighted by molar-refractivity contribution is 0.680. The molecule has 0 unspecified atom stereocenters. The summed E-state index contributed by atoms with van der Waals surface area (Å²) >= 11 is 3.61. The van der Waals surface area contributed by atoms with Crippen molar-refractivity contribution in [1.29, 1.82) is 0 Å². The Labute approximate surface area is 133 Å². The molecule has 0 aliphatic rings. The summed E-state index contributed by atoms with van der Waals surface area (Å²) < 4.78 is 0. The molecule has 21 heavy (non-hydrogen) atoms. The molecule has 0 amide bonds. The number of nitrogens with zero attached hydrogens (tertiary/aromatic N) is 1. The summed E-state index contributed by atoms with van der Waals surface area (Å²) in [5.74, 6) is 0.